The lowest BCUT2D eigenvalue weighted by molar-refractivity contribution is 0.928. The SMILES string of the molecule is CSCCN(C)c1ncc[nH]1. The fourth-order valence-corrected chi connectivity index (χ4v) is 1.26. The smallest absolute Gasteiger partial charge is 0.202 e. The van der Waals surface area contributed by atoms with E-state index in [1.807, 2.05) is 25.0 Å². The predicted octanol–water partition coefficient (Wildman–Crippen LogP) is 1.21. The molecule has 4 heteroatoms. The van der Waals surface area contributed by atoms with Crippen LogP contribution in [0, 0.1) is 0 Å². The summed E-state index contributed by atoms with van der Waals surface area (Å²) in [7, 11) is 2.04. The molecule has 0 unspecified atom stereocenters. The first-order chi connectivity index (χ1) is 5.34. The number of nitrogens with zero attached hydrogens (tertiary/aromatic N) is 2. The number of imidazole rings is 1. The Balaban J connectivity index is 2.36. The van der Waals surface area contributed by atoms with E-state index in [1.54, 1.807) is 6.20 Å². The van der Waals surface area contributed by atoms with E-state index in [9.17, 15) is 0 Å². The number of nitrogens with one attached hydrogen (secondary N) is 1. The highest BCUT2D eigenvalue weighted by molar-refractivity contribution is 7.98. The van der Waals surface area contributed by atoms with Crippen LogP contribution in [0.1, 0.15) is 0 Å². The van der Waals surface area contributed by atoms with Crippen molar-refractivity contribution in [1.82, 2.24) is 9.97 Å². The minimum atomic E-state index is 0.944. The molecule has 0 aliphatic heterocycles. The molecule has 3 nitrogen and oxygen atoms in total. The highest BCUT2D eigenvalue weighted by Crippen LogP contribution is 2.03. The second-order valence-electron chi connectivity index (χ2n) is 2.33. The fourth-order valence-electron chi connectivity index (χ4n) is 0.800. The zero-order valence-corrected chi connectivity index (χ0v) is 7.69. The van der Waals surface area contributed by atoms with Crippen molar-refractivity contribution in [2.45, 2.75) is 0 Å². The van der Waals surface area contributed by atoms with Gasteiger partial charge in [0.25, 0.3) is 0 Å². The largest absolute Gasteiger partial charge is 0.345 e. The number of anilines is 1. The van der Waals surface area contributed by atoms with E-state index >= 15 is 0 Å². The molecule has 0 aliphatic rings. The summed E-state index contributed by atoms with van der Waals surface area (Å²) in [6.45, 7) is 1.04. The molecule has 0 saturated heterocycles. The summed E-state index contributed by atoms with van der Waals surface area (Å²) in [5, 5.41) is 0. The van der Waals surface area contributed by atoms with Gasteiger partial charge in [0.05, 0.1) is 0 Å². The molecule has 1 N–H and O–H groups in total. The first-order valence-electron chi connectivity index (χ1n) is 3.54. The van der Waals surface area contributed by atoms with Crippen LogP contribution in [0.5, 0.6) is 0 Å². The number of hydrogen-bond donors (Lipinski definition) is 1. The van der Waals surface area contributed by atoms with Gasteiger partial charge in [-0.25, -0.2) is 4.98 Å². The maximum absolute atomic E-state index is 4.13. The molecule has 0 radical (unpaired) electrons. The van der Waals surface area contributed by atoms with Crippen molar-refractivity contribution in [2.75, 3.05) is 30.5 Å². The summed E-state index contributed by atoms with van der Waals surface area (Å²) >= 11 is 1.84. The summed E-state index contributed by atoms with van der Waals surface area (Å²) < 4.78 is 0. The number of thioether (sulfide) groups is 1. The minimum Gasteiger partial charge on any atom is -0.345 e. The molecule has 1 aromatic heterocycles. The van der Waals surface area contributed by atoms with E-state index in [4.69, 9.17) is 0 Å². The third-order valence-electron chi connectivity index (χ3n) is 1.48. The molecule has 62 valence electrons. The average Bonchev–Trinajstić information content (AvgIpc) is 2.52. The van der Waals surface area contributed by atoms with Crippen LogP contribution in [0.15, 0.2) is 12.4 Å². The van der Waals surface area contributed by atoms with Crippen molar-refractivity contribution in [1.29, 1.82) is 0 Å². The summed E-state index contributed by atoms with van der Waals surface area (Å²) in [6.07, 6.45) is 5.71. The van der Waals surface area contributed by atoms with Crippen molar-refractivity contribution in [3.63, 3.8) is 0 Å². The lowest BCUT2D eigenvalue weighted by Gasteiger charge is -2.14. The Labute approximate surface area is 71.2 Å². The standard InChI is InChI=1S/C7H13N3S/c1-10(5-6-11-2)7-8-3-4-9-7/h3-4H,5-6H2,1-2H3,(H,8,9). The zero-order valence-electron chi connectivity index (χ0n) is 6.87. The van der Waals surface area contributed by atoms with Crippen LogP contribution in [0.3, 0.4) is 0 Å². The Morgan fingerprint density at radius 2 is 2.55 bits per heavy atom. The number of H-pyrrole nitrogens is 1. The van der Waals surface area contributed by atoms with Gasteiger partial charge in [-0.15, -0.1) is 0 Å². The van der Waals surface area contributed by atoms with E-state index in [1.165, 1.54) is 0 Å². The summed E-state index contributed by atoms with van der Waals surface area (Å²) in [4.78, 5) is 9.29. The summed E-state index contributed by atoms with van der Waals surface area (Å²) in [5.74, 6) is 2.08. The van der Waals surface area contributed by atoms with Crippen LogP contribution in [-0.2, 0) is 0 Å². The van der Waals surface area contributed by atoms with Crippen molar-refractivity contribution in [2.24, 2.45) is 0 Å². The average molecular weight is 171 g/mol. The molecule has 0 aliphatic carbocycles. The molecule has 0 bridgehead atoms. The van der Waals surface area contributed by atoms with E-state index < -0.39 is 0 Å². The second kappa shape index (κ2) is 4.28. The van der Waals surface area contributed by atoms with Crippen LogP contribution in [-0.4, -0.2) is 35.6 Å². The van der Waals surface area contributed by atoms with Crippen molar-refractivity contribution in [3.8, 4) is 0 Å². The van der Waals surface area contributed by atoms with Crippen LogP contribution < -0.4 is 4.90 Å². The molecule has 0 spiro atoms. The molecule has 0 fully saturated rings. The molecular weight excluding hydrogens is 158 g/mol. The topological polar surface area (TPSA) is 31.9 Å². The molecule has 0 aromatic carbocycles. The van der Waals surface area contributed by atoms with Gasteiger partial charge < -0.3 is 9.88 Å². The molecular formula is C7H13N3S. The first-order valence-corrected chi connectivity index (χ1v) is 4.93. The van der Waals surface area contributed by atoms with Gasteiger partial charge in [-0.3, -0.25) is 0 Å². The third-order valence-corrected chi connectivity index (χ3v) is 2.07. The molecule has 11 heavy (non-hydrogen) atoms. The zero-order chi connectivity index (χ0) is 8.10. The number of aromatic amines is 1. The van der Waals surface area contributed by atoms with E-state index in [0.717, 1.165) is 18.2 Å². The lowest BCUT2D eigenvalue weighted by atomic mass is 10.6. The van der Waals surface area contributed by atoms with Gasteiger partial charge in [0.1, 0.15) is 0 Å². The Bertz CT molecular complexity index is 186. The second-order valence-corrected chi connectivity index (χ2v) is 3.31. The summed E-state index contributed by atoms with van der Waals surface area (Å²) in [5.41, 5.74) is 0. The van der Waals surface area contributed by atoms with Gasteiger partial charge in [0.15, 0.2) is 0 Å². The van der Waals surface area contributed by atoms with E-state index in [0.29, 0.717) is 0 Å². The summed E-state index contributed by atoms with van der Waals surface area (Å²) in [6, 6.07) is 0. The maximum atomic E-state index is 4.13. The Morgan fingerprint density at radius 1 is 1.73 bits per heavy atom. The van der Waals surface area contributed by atoms with Gasteiger partial charge in [0.2, 0.25) is 5.95 Å². The Morgan fingerprint density at radius 3 is 3.09 bits per heavy atom. The minimum absolute atomic E-state index is 0.944. The van der Waals surface area contributed by atoms with Gasteiger partial charge in [-0.05, 0) is 6.26 Å². The van der Waals surface area contributed by atoms with Crippen LogP contribution in [0.2, 0.25) is 0 Å². The van der Waals surface area contributed by atoms with Crippen molar-refractivity contribution < 1.29 is 0 Å². The third kappa shape index (κ3) is 2.46. The lowest BCUT2D eigenvalue weighted by Crippen LogP contribution is -2.21. The Kier molecular flexibility index (Phi) is 3.29. The predicted molar refractivity (Wildman–Crippen MR) is 50.2 cm³/mol. The monoisotopic (exact) mass is 171 g/mol. The maximum Gasteiger partial charge on any atom is 0.202 e. The number of aromatic nitrogens is 2. The molecule has 1 heterocycles. The highest BCUT2D eigenvalue weighted by Gasteiger charge is 1.99. The van der Waals surface area contributed by atoms with E-state index in [2.05, 4.69) is 21.1 Å². The van der Waals surface area contributed by atoms with E-state index in [-0.39, 0.29) is 0 Å². The molecule has 0 saturated carbocycles. The fraction of sp³-hybridized carbons (Fsp3) is 0.571. The van der Waals surface area contributed by atoms with Gasteiger partial charge in [-0.2, -0.15) is 11.8 Å². The molecule has 0 amide bonds. The quantitative estimate of drug-likeness (QED) is 0.739. The molecule has 0 atom stereocenters. The van der Waals surface area contributed by atoms with Crippen LogP contribution >= 0.6 is 11.8 Å². The highest BCUT2D eigenvalue weighted by atomic mass is 32.2. The van der Waals surface area contributed by atoms with Gasteiger partial charge in [-0.1, -0.05) is 0 Å². The molecule has 1 aromatic rings. The van der Waals surface area contributed by atoms with Crippen LogP contribution in [0.25, 0.3) is 0 Å². The van der Waals surface area contributed by atoms with Gasteiger partial charge in [0, 0.05) is 31.7 Å². The number of hydrogen-bond acceptors (Lipinski definition) is 3. The number of rotatable bonds is 4. The first kappa shape index (κ1) is 8.46. The Hall–Kier alpha value is -0.640. The van der Waals surface area contributed by atoms with Gasteiger partial charge >= 0.3 is 0 Å². The molecule has 1 rings (SSSR count). The van der Waals surface area contributed by atoms with Crippen molar-refractivity contribution in [3.05, 3.63) is 12.4 Å². The van der Waals surface area contributed by atoms with Crippen molar-refractivity contribution >= 4 is 17.7 Å². The normalized spacial score (nSPS) is 10.0. The van der Waals surface area contributed by atoms with Crippen LogP contribution in [0.4, 0.5) is 5.95 Å².